The summed E-state index contributed by atoms with van der Waals surface area (Å²) >= 11 is 0. The second-order valence-electron chi connectivity index (χ2n) is 6.79. The van der Waals surface area contributed by atoms with Crippen LogP contribution in [0.2, 0.25) is 0 Å². The van der Waals surface area contributed by atoms with E-state index in [1.807, 2.05) is 48.5 Å². The van der Waals surface area contributed by atoms with Crippen LogP contribution in [0.15, 0.2) is 66.7 Å². The summed E-state index contributed by atoms with van der Waals surface area (Å²) in [5.74, 6) is -1.69. The zero-order valence-corrected chi connectivity index (χ0v) is 15.6. The molecule has 0 fully saturated rings. The highest BCUT2D eigenvalue weighted by Crippen LogP contribution is 2.36. The van der Waals surface area contributed by atoms with Crippen LogP contribution in [0, 0.1) is 5.82 Å². The Labute approximate surface area is 167 Å². The van der Waals surface area contributed by atoms with Crippen molar-refractivity contribution in [1.82, 2.24) is 0 Å². The number of benzene rings is 3. The van der Waals surface area contributed by atoms with Crippen molar-refractivity contribution < 1.29 is 18.7 Å². The maximum Gasteiger partial charge on any atom is 0.340 e. The van der Waals surface area contributed by atoms with Gasteiger partial charge in [-0.2, -0.15) is 0 Å². The molecule has 1 heterocycles. The molecule has 1 aliphatic rings. The van der Waals surface area contributed by atoms with Crippen molar-refractivity contribution in [2.45, 2.75) is 12.8 Å². The minimum atomic E-state index is -0.771. The molecule has 29 heavy (non-hydrogen) atoms. The summed E-state index contributed by atoms with van der Waals surface area (Å²) in [5.41, 5.74) is 9.32. The first kappa shape index (κ1) is 18.7. The number of para-hydroxylation sites is 2. The first-order valence-electron chi connectivity index (χ1n) is 9.25. The lowest BCUT2D eigenvalue weighted by Crippen LogP contribution is -2.31. The average Bonchev–Trinajstić information content (AvgIpc) is 2.89. The molecule has 6 heteroatoms. The minimum absolute atomic E-state index is 0.0240. The van der Waals surface area contributed by atoms with Gasteiger partial charge in [-0.25, -0.2) is 9.18 Å². The molecular weight excluding hydrogens is 371 g/mol. The van der Waals surface area contributed by atoms with Crippen molar-refractivity contribution in [1.29, 1.82) is 0 Å². The topological polar surface area (TPSA) is 72.6 Å². The third-order valence-electron chi connectivity index (χ3n) is 4.94. The highest BCUT2D eigenvalue weighted by atomic mass is 19.1. The van der Waals surface area contributed by atoms with Gasteiger partial charge >= 0.3 is 5.97 Å². The van der Waals surface area contributed by atoms with Crippen LogP contribution in [-0.2, 0) is 22.4 Å². The fourth-order valence-electron chi connectivity index (χ4n) is 3.54. The standard InChI is InChI=1S/C23H19FN2O3/c24-17-11-12-18(19(25)13-17)23(28)29-14-22(27)26-20-7-3-1-5-15(20)9-10-16-6-2-4-8-21(16)26/h1-8,11-13H,9-10,14,25H2. The lowest BCUT2D eigenvalue weighted by atomic mass is 10.0. The number of halogens is 1. The van der Waals surface area contributed by atoms with Crippen LogP contribution in [0.3, 0.4) is 0 Å². The second kappa shape index (κ2) is 7.75. The van der Waals surface area contributed by atoms with Crippen molar-refractivity contribution in [3.05, 3.63) is 89.2 Å². The number of fused-ring (bicyclic) bond motifs is 2. The molecule has 0 radical (unpaired) electrons. The normalized spacial score (nSPS) is 12.5. The monoisotopic (exact) mass is 390 g/mol. The van der Waals surface area contributed by atoms with Crippen LogP contribution in [0.25, 0.3) is 0 Å². The molecule has 0 atom stereocenters. The maximum absolute atomic E-state index is 13.2. The predicted molar refractivity (Wildman–Crippen MR) is 109 cm³/mol. The number of esters is 1. The Balaban J connectivity index is 1.60. The molecule has 146 valence electrons. The molecule has 0 saturated carbocycles. The Hall–Kier alpha value is -3.67. The molecule has 0 aliphatic carbocycles. The van der Waals surface area contributed by atoms with Gasteiger partial charge in [-0.1, -0.05) is 36.4 Å². The van der Waals surface area contributed by atoms with Gasteiger partial charge in [0.2, 0.25) is 0 Å². The maximum atomic E-state index is 13.2. The molecule has 4 rings (SSSR count). The van der Waals surface area contributed by atoms with Gasteiger partial charge in [-0.3, -0.25) is 9.69 Å². The molecule has 2 N–H and O–H groups in total. The van der Waals surface area contributed by atoms with Gasteiger partial charge in [0.25, 0.3) is 5.91 Å². The van der Waals surface area contributed by atoms with E-state index in [0.29, 0.717) is 0 Å². The molecule has 3 aromatic rings. The number of ether oxygens (including phenoxy) is 1. The summed E-state index contributed by atoms with van der Waals surface area (Å²) in [5, 5.41) is 0. The number of aryl methyl sites for hydroxylation is 2. The van der Waals surface area contributed by atoms with Crippen LogP contribution in [0.4, 0.5) is 21.5 Å². The van der Waals surface area contributed by atoms with Crippen molar-refractivity contribution in [3.63, 3.8) is 0 Å². The van der Waals surface area contributed by atoms with Crippen molar-refractivity contribution in [2.24, 2.45) is 0 Å². The van der Waals surface area contributed by atoms with E-state index in [-0.39, 0.29) is 17.2 Å². The number of nitrogens with two attached hydrogens (primary N) is 1. The molecule has 3 aromatic carbocycles. The molecule has 0 bridgehead atoms. The molecule has 5 nitrogen and oxygen atoms in total. The van der Waals surface area contributed by atoms with Crippen molar-refractivity contribution in [3.8, 4) is 0 Å². The first-order chi connectivity index (χ1) is 14.0. The van der Waals surface area contributed by atoms with Gasteiger partial charge in [-0.05, 0) is 54.3 Å². The van der Waals surface area contributed by atoms with Gasteiger partial charge in [0.05, 0.1) is 16.9 Å². The highest BCUT2D eigenvalue weighted by molar-refractivity contribution is 6.04. The van der Waals surface area contributed by atoms with Crippen molar-refractivity contribution >= 4 is 28.9 Å². The summed E-state index contributed by atoms with van der Waals surface area (Å²) < 4.78 is 18.4. The van der Waals surface area contributed by atoms with Crippen LogP contribution in [-0.4, -0.2) is 18.5 Å². The molecule has 0 saturated heterocycles. The Bertz CT molecular complexity index is 1050. The number of nitrogen functional groups attached to an aromatic ring is 1. The predicted octanol–water partition coefficient (Wildman–Crippen LogP) is 4.03. The molecule has 0 spiro atoms. The number of hydrogen-bond donors (Lipinski definition) is 1. The largest absolute Gasteiger partial charge is 0.452 e. The molecule has 0 unspecified atom stereocenters. The van der Waals surface area contributed by atoms with E-state index >= 15 is 0 Å². The van der Waals surface area contributed by atoms with E-state index in [2.05, 4.69) is 0 Å². The zero-order chi connectivity index (χ0) is 20.4. The van der Waals surface area contributed by atoms with E-state index in [1.54, 1.807) is 4.90 Å². The van der Waals surface area contributed by atoms with Crippen LogP contribution in [0.5, 0.6) is 0 Å². The summed E-state index contributed by atoms with van der Waals surface area (Å²) in [6.07, 6.45) is 1.62. The Morgan fingerprint density at radius 3 is 2.10 bits per heavy atom. The first-order valence-corrected chi connectivity index (χ1v) is 9.25. The molecule has 0 aromatic heterocycles. The number of hydrogen-bond acceptors (Lipinski definition) is 4. The van der Waals surface area contributed by atoms with E-state index in [0.717, 1.165) is 47.5 Å². The van der Waals surface area contributed by atoms with Crippen LogP contribution in [0.1, 0.15) is 21.5 Å². The third-order valence-corrected chi connectivity index (χ3v) is 4.94. The second-order valence-corrected chi connectivity index (χ2v) is 6.79. The fourth-order valence-corrected chi connectivity index (χ4v) is 3.54. The molecular formula is C23H19FN2O3. The highest BCUT2D eigenvalue weighted by Gasteiger charge is 2.26. The molecule has 1 amide bonds. The summed E-state index contributed by atoms with van der Waals surface area (Å²) in [4.78, 5) is 27.0. The Morgan fingerprint density at radius 1 is 0.931 bits per heavy atom. The van der Waals surface area contributed by atoms with Gasteiger partial charge < -0.3 is 10.5 Å². The van der Waals surface area contributed by atoms with E-state index < -0.39 is 18.4 Å². The number of nitrogens with zero attached hydrogens (tertiary/aromatic N) is 1. The van der Waals surface area contributed by atoms with Gasteiger partial charge in [0, 0.05) is 5.69 Å². The van der Waals surface area contributed by atoms with E-state index in [1.165, 1.54) is 6.07 Å². The lowest BCUT2D eigenvalue weighted by molar-refractivity contribution is -0.120. The number of amides is 1. The Kier molecular flexibility index (Phi) is 4.99. The summed E-state index contributed by atoms with van der Waals surface area (Å²) in [6.45, 7) is -0.460. The SMILES string of the molecule is Nc1cc(F)ccc1C(=O)OCC(=O)N1c2ccccc2CCc2ccccc21. The van der Waals surface area contributed by atoms with Crippen LogP contribution < -0.4 is 10.6 Å². The number of carbonyl (C=O) groups is 2. The minimum Gasteiger partial charge on any atom is -0.452 e. The molecule has 1 aliphatic heterocycles. The number of anilines is 3. The third kappa shape index (κ3) is 3.69. The quantitative estimate of drug-likeness (QED) is 0.541. The van der Waals surface area contributed by atoms with E-state index in [4.69, 9.17) is 10.5 Å². The fraction of sp³-hybridized carbons (Fsp3) is 0.130. The van der Waals surface area contributed by atoms with Gasteiger partial charge in [0.15, 0.2) is 6.61 Å². The summed E-state index contributed by atoms with van der Waals surface area (Å²) in [7, 11) is 0. The van der Waals surface area contributed by atoms with E-state index in [9.17, 15) is 14.0 Å². The Morgan fingerprint density at radius 2 is 1.52 bits per heavy atom. The number of carbonyl (C=O) groups excluding carboxylic acids is 2. The zero-order valence-electron chi connectivity index (χ0n) is 15.6. The van der Waals surface area contributed by atoms with Gasteiger partial charge in [0.1, 0.15) is 5.82 Å². The summed E-state index contributed by atoms with van der Waals surface area (Å²) in [6, 6.07) is 18.8. The van der Waals surface area contributed by atoms with Crippen molar-refractivity contribution in [2.75, 3.05) is 17.2 Å². The van der Waals surface area contributed by atoms with Gasteiger partial charge in [-0.15, -0.1) is 0 Å². The lowest BCUT2D eigenvalue weighted by Gasteiger charge is -2.24. The smallest absolute Gasteiger partial charge is 0.340 e. The average molecular weight is 390 g/mol. The van der Waals surface area contributed by atoms with Crippen LogP contribution >= 0.6 is 0 Å². The number of rotatable bonds is 3.